The molecule has 0 radical (unpaired) electrons. The number of allylic oxidation sites excluding steroid dienone is 1. The first kappa shape index (κ1) is 36.0. The van der Waals surface area contributed by atoms with Crippen molar-refractivity contribution >= 4 is 68.9 Å². The molecule has 0 unspecified atom stereocenters. The second-order valence-electron chi connectivity index (χ2n) is 9.92. The summed E-state index contributed by atoms with van der Waals surface area (Å²) < 4.78 is 22.2. The highest BCUT2D eigenvalue weighted by molar-refractivity contribution is 9.10. The molecule has 0 fully saturated rings. The van der Waals surface area contributed by atoms with Crippen molar-refractivity contribution < 1.29 is 38.3 Å². The minimum Gasteiger partial charge on any atom is -0.493 e. The van der Waals surface area contributed by atoms with Gasteiger partial charge in [-0.2, -0.15) is 5.10 Å². The summed E-state index contributed by atoms with van der Waals surface area (Å²) in [5.74, 6) is -0.815. The number of urea groups is 1. The van der Waals surface area contributed by atoms with Gasteiger partial charge in [0.15, 0.2) is 18.1 Å². The summed E-state index contributed by atoms with van der Waals surface area (Å²) in [5.41, 5.74) is 3.91. The van der Waals surface area contributed by atoms with Gasteiger partial charge >= 0.3 is 17.7 Å². The van der Waals surface area contributed by atoms with Crippen LogP contribution < -0.4 is 30.3 Å². The highest BCUT2D eigenvalue weighted by Crippen LogP contribution is 2.38. The molecule has 0 bridgehead atoms. The van der Waals surface area contributed by atoms with Crippen LogP contribution in [-0.2, 0) is 20.9 Å². The standard InChI is InChI=1S/C31H28BrCl2N5O9/c1-4-46-30(41)27-16(2)36-31(42)37-28(27)18-6-8-24(25(11-18)45-3)47-15-26(40)38-35-13-17-9-21(32)29(23(10-17)39(43)44)48-14-19-5-7-20(33)12-22(19)34/h5-13,28H,4,14-15H2,1-3H3,(H,38,40)(H2,36,37,42)/b35-13+/t28-/m1/s1. The number of halogens is 3. The predicted octanol–water partition coefficient (Wildman–Crippen LogP) is 5.97. The van der Waals surface area contributed by atoms with Crippen LogP contribution in [0.2, 0.25) is 10.0 Å². The Bertz CT molecular complexity index is 1820. The minimum absolute atomic E-state index is 0.0219. The van der Waals surface area contributed by atoms with E-state index >= 15 is 0 Å². The van der Waals surface area contributed by atoms with Crippen molar-refractivity contribution in [2.45, 2.75) is 26.5 Å². The van der Waals surface area contributed by atoms with Crippen molar-refractivity contribution in [3.8, 4) is 17.2 Å². The number of hydrogen-bond donors (Lipinski definition) is 3. The molecular weight excluding hydrogens is 737 g/mol. The number of nitrogens with zero attached hydrogens (tertiary/aromatic N) is 2. The lowest BCUT2D eigenvalue weighted by molar-refractivity contribution is -0.386. The third-order valence-electron chi connectivity index (χ3n) is 6.68. The number of nitro groups is 1. The van der Waals surface area contributed by atoms with E-state index in [9.17, 15) is 24.5 Å². The van der Waals surface area contributed by atoms with Crippen LogP contribution in [0.4, 0.5) is 10.5 Å². The molecule has 3 aromatic rings. The Morgan fingerprint density at radius 3 is 2.58 bits per heavy atom. The van der Waals surface area contributed by atoms with Gasteiger partial charge in [0.25, 0.3) is 5.91 Å². The van der Waals surface area contributed by atoms with Gasteiger partial charge in [-0.25, -0.2) is 15.0 Å². The fourth-order valence-corrected chi connectivity index (χ4v) is 5.55. The number of methoxy groups -OCH3 is 1. The normalized spacial score (nSPS) is 14.2. The average Bonchev–Trinajstić information content (AvgIpc) is 3.03. The molecule has 3 amide bonds. The summed E-state index contributed by atoms with van der Waals surface area (Å²) in [7, 11) is 1.39. The largest absolute Gasteiger partial charge is 0.493 e. The Labute approximate surface area is 292 Å². The van der Waals surface area contributed by atoms with E-state index in [1.165, 1.54) is 37.6 Å². The van der Waals surface area contributed by atoms with Crippen LogP contribution >= 0.6 is 39.1 Å². The molecule has 48 heavy (non-hydrogen) atoms. The second kappa shape index (κ2) is 16.3. The number of hydrazone groups is 1. The van der Waals surface area contributed by atoms with Gasteiger partial charge < -0.3 is 29.6 Å². The highest BCUT2D eigenvalue weighted by atomic mass is 79.9. The molecule has 1 atom stereocenters. The molecule has 0 aliphatic carbocycles. The number of amides is 3. The summed E-state index contributed by atoms with van der Waals surface area (Å²) in [6.07, 6.45) is 1.22. The number of esters is 1. The fraction of sp³-hybridized carbons (Fsp3) is 0.226. The van der Waals surface area contributed by atoms with E-state index < -0.39 is 35.5 Å². The van der Waals surface area contributed by atoms with E-state index in [2.05, 4.69) is 37.1 Å². The van der Waals surface area contributed by atoms with Crippen LogP contribution in [0.25, 0.3) is 0 Å². The van der Waals surface area contributed by atoms with Crippen molar-refractivity contribution in [2.24, 2.45) is 5.10 Å². The summed E-state index contributed by atoms with van der Waals surface area (Å²) >= 11 is 15.4. The lowest BCUT2D eigenvalue weighted by Crippen LogP contribution is -2.45. The zero-order valence-electron chi connectivity index (χ0n) is 25.6. The minimum atomic E-state index is -0.822. The van der Waals surface area contributed by atoms with Gasteiger partial charge in [0, 0.05) is 32.9 Å². The Hall–Kier alpha value is -4.86. The highest BCUT2D eigenvalue weighted by Gasteiger charge is 2.32. The molecule has 17 heteroatoms. The monoisotopic (exact) mass is 763 g/mol. The maximum absolute atomic E-state index is 12.6. The molecule has 3 aromatic carbocycles. The molecule has 252 valence electrons. The molecule has 3 N–H and O–H groups in total. The molecule has 4 rings (SSSR count). The molecule has 0 saturated carbocycles. The smallest absolute Gasteiger partial charge is 0.338 e. The molecule has 0 spiro atoms. The molecule has 14 nitrogen and oxygen atoms in total. The van der Waals surface area contributed by atoms with Crippen molar-refractivity contribution in [3.63, 3.8) is 0 Å². The Balaban J connectivity index is 1.40. The van der Waals surface area contributed by atoms with Crippen LogP contribution in [-0.4, -0.2) is 49.4 Å². The molecule has 1 aliphatic rings. The van der Waals surface area contributed by atoms with Gasteiger partial charge in [0.1, 0.15) is 6.61 Å². The van der Waals surface area contributed by atoms with Gasteiger partial charge in [-0.15, -0.1) is 0 Å². The first-order valence-electron chi connectivity index (χ1n) is 14.0. The second-order valence-corrected chi connectivity index (χ2v) is 11.6. The quantitative estimate of drug-likeness (QED) is 0.0818. The third-order valence-corrected chi connectivity index (χ3v) is 7.85. The third kappa shape index (κ3) is 8.93. The molecule has 1 aliphatic heterocycles. The number of carbonyl (C=O) groups excluding carboxylic acids is 3. The number of rotatable bonds is 13. The number of carbonyl (C=O) groups is 3. The van der Waals surface area contributed by atoms with Gasteiger partial charge in [-0.05, 0) is 65.7 Å². The van der Waals surface area contributed by atoms with Crippen molar-refractivity contribution in [1.29, 1.82) is 0 Å². The predicted molar refractivity (Wildman–Crippen MR) is 180 cm³/mol. The van der Waals surface area contributed by atoms with E-state index in [-0.39, 0.29) is 46.2 Å². The van der Waals surface area contributed by atoms with Crippen LogP contribution in [0.15, 0.2) is 69.4 Å². The number of benzene rings is 3. The van der Waals surface area contributed by atoms with Crippen molar-refractivity contribution in [1.82, 2.24) is 16.1 Å². The zero-order chi connectivity index (χ0) is 35.0. The van der Waals surface area contributed by atoms with E-state index in [0.29, 0.717) is 32.4 Å². The zero-order valence-corrected chi connectivity index (χ0v) is 28.7. The first-order chi connectivity index (χ1) is 22.9. The maximum atomic E-state index is 12.6. The maximum Gasteiger partial charge on any atom is 0.338 e. The Morgan fingerprint density at radius 2 is 1.90 bits per heavy atom. The summed E-state index contributed by atoms with van der Waals surface area (Å²) in [5, 5.41) is 21.7. The SMILES string of the molecule is CCOC(=O)C1=C(C)NC(=O)N[C@@H]1c1ccc(OCC(=O)N/N=C/c2cc(Br)c(OCc3ccc(Cl)cc3Cl)c([N+](=O)[O-])c2)c(OC)c1. The number of hydrogen-bond acceptors (Lipinski definition) is 10. The van der Waals surface area contributed by atoms with Crippen LogP contribution in [0.3, 0.4) is 0 Å². The van der Waals surface area contributed by atoms with Crippen molar-refractivity contribution in [3.05, 3.63) is 101 Å². The molecule has 1 heterocycles. The van der Waals surface area contributed by atoms with Gasteiger partial charge in [0.05, 0.1) is 40.9 Å². The number of ether oxygens (including phenoxy) is 4. The molecule has 0 aromatic heterocycles. The van der Waals surface area contributed by atoms with Crippen molar-refractivity contribution in [2.75, 3.05) is 20.3 Å². The first-order valence-corrected chi connectivity index (χ1v) is 15.6. The van der Waals surface area contributed by atoms with Crippen LogP contribution in [0, 0.1) is 10.1 Å². The summed E-state index contributed by atoms with van der Waals surface area (Å²) in [6, 6.07) is 11.0. The number of nitrogens with one attached hydrogen (secondary N) is 3. The molecular formula is C31H28BrCl2N5O9. The Kier molecular flexibility index (Phi) is 12.2. The van der Waals surface area contributed by atoms with E-state index in [1.54, 1.807) is 38.1 Å². The van der Waals surface area contributed by atoms with Gasteiger partial charge in [0.2, 0.25) is 5.75 Å². The van der Waals surface area contributed by atoms with Gasteiger partial charge in [-0.3, -0.25) is 14.9 Å². The Morgan fingerprint density at radius 1 is 1.12 bits per heavy atom. The van der Waals surface area contributed by atoms with E-state index in [0.717, 1.165) is 0 Å². The van der Waals surface area contributed by atoms with E-state index in [4.69, 9.17) is 42.1 Å². The summed E-state index contributed by atoms with van der Waals surface area (Å²) in [6.45, 7) is 2.91. The van der Waals surface area contributed by atoms with E-state index in [1.807, 2.05) is 0 Å². The molecule has 0 saturated heterocycles. The lowest BCUT2D eigenvalue weighted by Gasteiger charge is -2.28. The van der Waals surface area contributed by atoms with Crippen LogP contribution in [0.1, 0.15) is 36.6 Å². The average molecular weight is 765 g/mol. The number of nitro benzene ring substituents is 1. The van der Waals surface area contributed by atoms with Crippen LogP contribution in [0.5, 0.6) is 17.2 Å². The fourth-order valence-electron chi connectivity index (χ4n) is 4.50. The topological polar surface area (TPSA) is 180 Å². The summed E-state index contributed by atoms with van der Waals surface area (Å²) in [4.78, 5) is 48.4. The van der Waals surface area contributed by atoms with Gasteiger partial charge in [-0.1, -0.05) is 35.3 Å². The lowest BCUT2D eigenvalue weighted by atomic mass is 9.95.